The second kappa shape index (κ2) is 11.4. The van der Waals surface area contributed by atoms with Crippen molar-refractivity contribution >= 4 is 0 Å². The van der Waals surface area contributed by atoms with Crippen LogP contribution in [0.4, 0.5) is 0 Å². The van der Waals surface area contributed by atoms with Crippen LogP contribution in [-0.4, -0.2) is 25.3 Å². The molecule has 220 valence electrons. The fourth-order valence-corrected chi connectivity index (χ4v) is 5.59. The maximum absolute atomic E-state index is 14.1. The fraction of sp³-hybridized carbons (Fsp3) is 0.294. The number of aromatic amines is 1. The van der Waals surface area contributed by atoms with Crippen molar-refractivity contribution in [1.29, 1.82) is 0 Å². The van der Waals surface area contributed by atoms with Gasteiger partial charge < -0.3 is 9.47 Å². The summed E-state index contributed by atoms with van der Waals surface area (Å²) in [4.78, 5) is 33.2. The van der Waals surface area contributed by atoms with Gasteiger partial charge in [0.15, 0.2) is 17.3 Å². The first-order chi connectivity index (χ1) is 20.8. The first-order valence-electron chi connectivity index (χ1n) is 14.6. The molecule has 6 rings (SSSR count). The van der Waals surface area contributed by atoms with E-state index in [-0.39, 0.29) is 16.9 Å². The quantitative estimate of drug-likeness (QED) is 0.218. The van der Waals surface area contributed by atoms with Crippen LogP contribution in [0.2, 0.25) is 0 Å². The van der Waals surface area contributed by atoms with Crippen molar-refractivity contribution in [2.24, 2.45) is 0 Å². The Hall–Kier alpha value is -4.92. The van der Waals surface area contributed by atoms with Crippen LogP contribution in [0.1, 0.15) is 56.8 Å². The standard InChI is InChI=1S/C34H34N4O5/c1-5-10-28-35-26(6-2)30(41-27-14-9-11-23-19-34(3,4)42-29(23)27)32(39)38(28)20-21-15-17-22(18-16-21)24-12-7-8-13-25(24)31-36-33(40)43-37-31/h7-9,11-18H,5-6,10,19-20H2,1-4H3,(H,36,37,40). The van der Waals surface area contributed by atoms with E-state index in [1.807, 2.05) is 87.5 Å². The molecule has 0 amide bonds. The second-order valence-corrected chi connectivity index (χ2v) is 11.4. The van der Waals surface area contributed by atoms with E-state index >= 15 is 0 Å². The third kappa shape index (κ3) is 5.62. The van der Waals surface area contributed by atoms with Gasteiger partial charge in [-0.15, -0.1) is 0 Å². The molecule has 2 aromatic heterocycles. The number of aromatic nitrogens is 4. The number of para-hydroxylation sites is 1. The van der Waals surface area contributed by atoms with Gasteiger partial charge in [-0.2, -0.15) is 0 Å². The fourth-order valence-electron chi connectivity index (χ4n) is 5.59. The predicted molar refractivity (Wildman–Crippen MR) is 164 cm³/mol. The molecule has 0 unspecified atom stereocenters. The average molecular weight is 579 g/mol. The lowest BCUT2D eigenvalue weighted by molar-refractivity contribution is 0.135. The lowest BCUT2D eigenvalue weighted by atomic mass is 9.98. The zero-order valence-electron chi connectivity index (χ0n) is 24.8. The Kier molecular flexibility index (Phi) is 7.48. The number of fused-ring (bicyclic) bond motifs is 1. The number of aryl methyl sites for hydroxylation is 2. The number of nitrogens with zero attached hydrogens (tertiary/aromatic N) is 3. The number of H-pyrrole nitrogens is 1. The van der Waals surface area contributed by atoms with Crippen molar-refractivity contribution in [3.63, 3.8) is 0 Å². The molecule has 3 aromatic carbocycles. The second-order valence-electron chi connectivity index (χ2n) is 11.4. The van der Waals surface area contributed by atoms with E-state index in [1.165, 1.54) is 0 Å². The Morgan fingerprint density at radius 3 is 2.44 bits per heavy atom. The molecule has 0 saturated carbocycles. The smallest absolute Gasteiger partial charge is 0.439 e. The molecule has 0 saturated heterocycles. The van der Waals surface area contributed by atoms with Gasteiger partial charge in [0.1, 0.15) is 11.4 Å². The summed E-state index contributed by atoms with van der Waals surface area (Å²) >= 11 is 0. The molecule has 43 heavy (non-hydrogen) atoms. The summed E-state index contributed by atoms with van der Waals surface area (Å²) in [5.41, 5.74) is 4.68. The molecule has 3 heterocycles. The minimum Gasteiger partial charge on any atom is -0.483 e. The van der Waals surface area contributed by atoms with Crippen LogP contribution in [0.25, 0.3) is 22.5 Å². The van der Waals surface area contributed by atoms with Crippen LogP contribution in [-0.2, 0) is 25.8 Å². The third-order valence-corrected chi connectivity index (χ3v) is 7.58. The number of nitrogens with one attached hydrogen (secondary N) is 1. The van der Waals surface area contributed by atoms with Crippen molar-refractivity contribution in [2.75, 3.05) is 0 Å². The molecular formula is C34H34N4O5. The Bertz CT molecular complexity index is 1900. The van der Waals surface area contributed by atoms with Gasteiger partial charge in [-0.05, 0) is 49.4 Å². The summed E-state index contributed by atoms with van der Waals surface area (Å²) in [5.74, 6) is 1.94. The number of rotatable bonds is 9. The van der Waals surface area contributed by atoms with Gasteiger partial charge in [-0.3, -0.25) is 18.9 Å². The van der Waals surface area contributed by atoms with Crippen LogP contribution in [0.5, 0.6) is 17.2 Å². The van der Waals surface area contributed by atoms with Crippen LogP contribution >= 0.6 is 0 Å². The Morgan fingerprint density at radius 2 is 1.74 bits per heavy atom. The lowest BCUT2D eigenvalue weighted by Crippen LogP contribution is -2.28. The summed E-state index contributed by atoms with van der Waals surface area (Å²) in [6.45, 7) is 8.49. The van der Waals surface area contributed by atoms with Gasteiger partial charge in [0.25, 0.3) is 5.56 Å². The average Bonchev–Trinajstić information content (AvgIpc) is 3.58. The molecule has 0 radical (unpaired) electrons. The van der Waals surface area contributed by atoms with Crippen molar-refractivity contribution in [3.05, 3.63) is 110 Å². The van der Waals surface area contributed by atoms with Gasteiger partial charge >= 0.3 is 5.76 Å². The number of benzene rings is 3. The predicted octanol–water partition coefficient (Wildman–Crippen LogP) is 6.32. The summed E-state index contributed by atoms with van der Waals surface area (Å²) in [6, 6.07) is 21.4. The number of hydrogen-bond donors (Lipinski definition) is 1. The molecule has 1 aliphatic heterocycles. The molecule has 9 heteroatoms. The van der Waals surface area contributed by atoms with Gasteiger partial charge in [0.05, 0.1) is 12.2 Å². The lowest BCUT2D eigenvalue weighted by Gasteiger charge is -2.20. The summed E-state index contributed by atoms with van der Waals surface area (Å²) in [7, 11) is 0. The monoisotopic (exact) mass is 578 g/mol. The van der Waals surface area contributed by atoms with Crippen molar-refractivity contribution in [2.45, 2.75) is 65.5 Å². The van der Waals surface area contributed by atoms with E-state index in [0.29, 0.717) is 42.4 Å². The minimum atomic E-state index is -0.604. The summed E-state index contributed by atoms with van der Waals surface area (Å²) < 4.78 is 19.0. The van der Waals surface area contributed by atoms with Crippen LogP contribution in [0.3, 0.4) is 0 Å². The molecule has 1 aliphatic rings. The van der Waals surface area contributed by atoms with Crippen molar-refractivity contribution in [3.8, 4) is 39.8 Å². The van der Waals surface area contributed by atoms with E-state index < -0.39 is 5.76 Å². The largest absolute Gasteiger partial charge is 0.483 e. The summed E-state index contributed by atoms with van der Waals surface area (Å²) in [6.07, 6.45) is 2.86. The molecule has 0 spiro atoms. The van der Waals surface area contributed by atoms with Crippen LogP contribution in [0.15, 0.2) is 80.8 Å². The number of hydrogen-bond acceptors (Lipinski definition) is 7. The molecule has 0 bridgehead atoms. The summed E-state index contributed by atoms with van der Waals surface area (Å²) in [5, 5.41) is 3.85. The van der Waals surface area contributed by atoms with Crippen LogP contribution < -0.4 is 20.8 Å². The molecule has 0 aliphatic carbocycles. The molecule has 5 aromatic rings. The highest BCUT2D eigenvalue weighted by molar-refractivity contribution is 5.80. The van der Waals surface area contributed by atoms with Gasteiger partial charge in [0, 0.05) is 24.0 Å². The SMILES string of the molecule is CCCc1nc(CC)c(Oc2cccc3c2OC(C)(C)C3)c(=O)n1Cc1ccc(-c2ccccc2-c2noc(=O)[nH]2)cc1. The van der Waals surface area contributed by atoms with E-state index in [4.69, 9.17) is 19.0 Å². The van der Waals surface area contributed by atoms with E-state index in [2.05, 4.69) is 17.1 Å². The van der Waals surface area contributed by atoms with E-state index in [1.54, 1.807) is 4.57 Å². The van der Waals surface area contributed by atoms with E-state index in [0.717, 1.165) is 46.5 Å². The number of ether oxygens (including phenoxy) is 2. The van der Waals surface area contributed by atoms with Gasteiger partial charge in [-0.1, -0.05) is 79.7 Å². The minimum absolute atomic E-state index is 0.213. The topological polar surface area (TPSA) is 112 Å². The highest BCUT2D eigenvalue weighted by Gasteiger charge is 2.33. The Balaban J connectivity index is 1.35. The first-order valence-corrected chi connectivity index (χ1v) is 14.6. The molecule has 9 nitrogen and oxygen atoms in total. The highest BCUT2D eigenvalue weighted by Crippen LogP contribution is 2.43. The third-order valence-electron chi connectivity index (χ3n) is 7.58. The molecule has 1 N–H and O–H groups in total. The Labute approximate surface area is 249 Å². The maximum atomic E-state index is 14.1. The molecule has 0 fully saturated rings. The zero-order chi connectivity index (χ0) is 30.1. The van der Waals surface area contributed by atoms with Crippen LogP contribution in [0, 0.1) is 0 Å². The maximum Gasteiger partial charge on any atom is 0.439 e. The molecule has 0 atom stereocenters. The van der Waals surface area contributed by atoms with Crippen molar-refractivity contribution in [1.82, 2.24) is 19.7 Å². The van der Waals surface area contributed by atoms with E-state index in [9.17, 15) is 9.59 Å². The van der Waals surface area contributed by atoms with Gasteiger partial charge in [0.2, 0.25) is 5.75 Å². The highest BCUT2D eigenvalue weighted by atomic mass is 16.5. The first kappa shape index (κ1) is 28.2. The Morgan fingerprint density at radius 1 is 0.977 bits per heavy atom. The van der Waals surface area contributed by atoms with Crippen molar-refractivity contribution < 1.29 is 14.0 Å². The zero-order valence-corrected chi connectivity index (χ0v) is 24.8. The molecular weight excluding hydrogens is 544 g/mol. The normalized spacial score (nSPS) is 13.5. The van der Waals surface area contributed by atoms with Gasteiger partial charge in [-0.25, -0.2) is 9.78 Å².